The predicted molar refractivity (Wildman–Crippen MR) is 93.8 cm³/mol. The van der Waals surface area contributed by atoms with Crippen molar-refractivity contribution in [2.45, 2.75) is 0 Å². The lowest BCUT2D eigenvalue weighted by Crippen LogP contribution is -2.39. The lowest BCUT2D eigenvalue weighted by Gasteiger charge is -2.24. The Kier molecular flexibility index (Phi) is 4.96. The number of amidine groups is 1. The summed E-state index contributed by atoms with van der Waals surface area (Å²) in [7, 11) is -2.74. The van der Waals surface area contributed by atoms with Gasteiger partial charge in [-0.05, 0) is 24.3 Å². The maximum Gasteiger partial charge on any atom is 0.679 e. The summed E-state index contributed by atoms with van der Waals surface area (Å²) >= 11 is 0. The molecule has 0 aliphatic heterocycles. The van der Waals surface area contributed by atoms with Crippen molar-refractivity contribution in [3.63, 3.8) is 0 Å². The second-order valence-electron chi connectivity index (χ2n) is 4.97. The van der Waals surface area contributed by atoms with Crippen LogP contribution >= 0.6 is 0 Å². The van der Waals surface area contributed by atoms with E-state index in [9.17, 15) is 8.63 Å². The standard InChI is InChI=1S/C18H14BF2N3/c20-19(21)24(16-11-5-2-6-12-16)18(15-9-3-1-4-10-15)23-17-13-7-8-14-22-17/h1-14H/b23-18+. The number of anilines is 1. The molecule has 24 heavy (non-hydrogen) atoms. The molecule has 0 fully saturated rings. The summed E-state index contributed by atoms with van der Waals surface area (Å²) in [5, 5.41) is 0. The van der Waals surface area contributed by atoms with Crippen LogP contribution in [0.2, 0.25) is 0 Å². The largest absolute Gasteiger partial charge is 0.679 e. The van der Waals surface area contributed by atoms with E-state index in [-0.39, 0.29) is 5.84 Å². The van der Waals surface area contributed by atoms with Gasteiger partial charge in [-0.3, -0.25) is 8.63 Å². The van der Waals surface area contributed by atoms with Crippen LogP contribution in [0.4, 0.5) is 20.1 Å². The van der Waals surface area contributed by atoms with Gasteiger partial charge in [0.2, 0.25) is 0 Å². The molecule has 0 bridgehead atoms. The van der Waals surface area contributed by atoms with Crippen molar-refractivity contribution >= 4 is 24.7 Å². The summed E-state index contributed by atoms with van der Waals surface area (Å²) in [6.45, 7) is 0. The minimum atomic E-state index is -2.74. The molecule has 0 radical (unpaired) electrons. The minimum Gasteiger partial charge on any atom is -0.310 e. The molecule has 6 heteroatoms. The molecule has 0 spiro atoms. The fraction of sp³-hybridized carbons (Fsp3) is 0. The van der Waals surface area contributed by atoms with Crippen molar-refractivity contribution in [3.05, 3.63) is 90.6 Å². The minimum absolute atomic E-state index is 0.149. The van der Waals surface area contributed by atoms with Gasteiger partial charge in [0.25, 0.3) is 0 Å². The molecule has 2 aromatic carbocycles. The van der Waals surface area contributed by atoms with Crippen molar-refractivity contribution in [1.29, 1.82) is 0 Å². The SMILES string of the molecule is FB(F)N(/C(=N/c1ccccn1)c1ccccc1)c1ccccc1. The van der Waals surface area contributed by atoms with E-state index in [0.29, 0.717) is 17.1 Å². The fourth-order valence-corrected chi connectivity index (χ4v) is 2.29. The average molecular weight is 321 g/mol. The third-order valence-electron chi connectivity index (χ3n) is 3.36. The van der Waals surface area contributed by atoms with E-state index in [1.807, 2.05) is 6.07 Å². The zero-order chi connectivity index (χ0) is 16.8. The average Bonchev–Trinajstić information content (AvgIpc) is 2.63. The van der Waals surface area contributed by atoms with Gasteiger partial charge in [0.1, 0.15) is 5.84 Å². The van der Waals surface area contributed by atoms with Crippen molar-refractivity contribution < 1.29 is 8.63 Å². The van der Waals surface area contributed by atoms with Gasteiger partial charge in [0, 0.05) is 17.4 Å². The Balaban J connectivity index is 2.14. The predicted octanol–water partition coefficient (Wildman–Crippen LogP) is 4.59. The van der Waals surface area contributed by atoms with Crippen molar-refractivity contribution in [2.75, 3.05) is 4.81 Å². The molecule has 0 saturated carbocycles. The number of rotatable bonds is 4. The van der Waals surface area contributed by atoms with Crippen molar-refractivity contribution in [2.24, 2.45) is 4.99 Å². The normalized spacial score (nSPS) is 11.2. The molecule has 1 heterocycles. The summed E-state index contributed by atoms with van der Waals surface area (Å²) < 4.78 is 27.7. The summed E-state index contributed by atoms with van der Waals surface area (Å²) in [6, 6.07) is 22.6. The van der Waals surface area contributed by atoms with Crippen LogP contribution in [0.15, 0.2) is 90.1 Å². The quantitative estimate of drug-likeness (QED) is 0.399. The Labute approximate surface area is 139 Å². The summed E-state index contributed by atoms with van der Waals surface area (Å²) in [4.78, 5) is 9.41. The van der Waals surface area contributed by atoms with Gasteiger partial charge in [-0.25, -0.2) is 9.98 Å². The number of hydrogen-bond acceptors (Lipinski definition) is 2. The smallest absolute Gasteiger partial charge is 0.310 e. The lowest BCUT2D eigenvalue weighted by molar-refractivity contribution is 0.659. The Morgan fingerprint density at radius 1 is 0.833 bits per heavy atom. The van der Waals surface area contributed by atoms with Gasteiger partial charge in [-0.2, -0.15) is 0 Å². The Morgan fingerprint density at radius 2 is 1.46 bits per heavy atom. The Morgan fingerprint density at radius 3 is 2.04 bits per heavy atom. The molecule has 3 rings (SSSR count). The van der Waals surface area contributed by atoms with Gasteiger partial charge in [0.05, 0.1) is 0 Å². The monoisotopic (exact) mass is 321 g/mol. The van der Waals surface area contributed by atoms with E-state index in [1.165, 1.54) is 0 Å². The molecule has 0 aliphatic carbocycles. The molecule has 0 aliphatic rings. The number of aromatic nitrogens is 1. The second-order valence-corrected chi connectivity index (χ2v) is 4.97. The molecule has 3 nitrogen and oxygen atoms in total. The van der Waals surface area contributed by atoms with Crippen LogP contribution in [-0.2, 0) is 0 Å². The molecule has 0 atom stereocenters. The van der Waals surface area contributed by atoms with E-state index in [2.05, 4.69) is 9.98 Å². The number of pyridine rings is 1. The van der Waals surface area contributed by atoms with Gasteiger partial charge in [-0.15, -0.1) is 0 Å². The van der Waals surface area contributed by atoms with E-state index in [1.54, 1.807) is 79.0 Å². The molecule has 0 N–H and O–H groups in total. The topological polar surface area (TPSA) is 28.5 Å². The molecule has 0 saturated heterocycles. The molecule has 0 amide bonds. The molecular formula is C18H14BF2N3. The lowest BCUT2D eigenvalue weighted by atomic mass is 10.0. The zero-order valence-corrected chi connectivity index (χ0v) is 12.8. The van der Waals surface area contributed by atoms with Crippen LogP contribution in [0.1, 0.15) is 5.56 Å². The van der Waals surface area contributed by atoms with E-state index in [0.717, 1.165) is 4.81 Å². The summed E-state index contributed by atoms with van der Waals surface area (Å²) in [5.74, 6) is 0.522. The summed E-state index contributed by atoms with van der Waals surface area (Å²) in [6.07, 6.45) is 1.58. The van der Waals surface area contributed by atoms with Gasteiger partial charge < -0.3 is 4.81 Å². The summed E-state index contributed by atoms with van der Waals surface area (Å²) in [5.41, 5.74) is 0.957. The van der Waals surface area contributed by atoms with Crippen LogP contribution in [0.3, 0.4) is 0 Å². The van der Waals surface area contributed by atoms with E-state index >= 15 is 0 Å². The first kappa shape index (κ1) is 15.9. The highest BCUT2D eigenvalue weighted by Gasteiger charge is 2.31. The van der Waals surface area contributed by atoms with E-state index < -0.39 is 7.40 Å². The number of hydrogen-bond donors (Lipinski definition) is 0. The first-order chi connectivity index (χ1) is 11.8. The van der Waals surface area contributed by atoms with Gasteiger partial charge in [0.15, 0.2) is 5.82 Å². The number of para-hydroxylation sites is 1. The van der Waals surface area contributed by atoms with Crippen molar-refractivity contribution in [1.82, 2.24) is 4.98 Å². The Bertz CT molecular complexity index is 796. The maximum atomic E-state index is 13.8. The highest BCUT2D eigenvalue weighted by Crippen LogP contribution is 2.22. The van der Waals surface area contributed by atoms with Crippen LogP contribution in [0.25, 0.3) is 0 Å². The third-order valence-corrected chi connectivity index (χ3v) is 3.36. The molecule has 1 aromatic heterocycles. The van der Waals surface area contributed by atoms with Gasteiger partial charge in [-0.1, -0.05) is 54.6 Å². The Hall–Kier alpha value is -3.02. The number of aliphatic imine (C=N–C) groups is 1. The molecule has 0 unspecified atom stereocenters. The zero-order valence-electron chi connectivity index (χ0n) is 12.8. The van der Waals surface area contributed by atoms with Crippen LogP contribution in [0.5, 0.6) is 0 Å². The molecular weight excluding hydrogens is 307 g/mol. The maximum absolute atomic E-state index is 13.8. The first-order valence-corrected chi connectivity index (χ1v) is 7.43. The van der Waals surface area contributed by atoms with Crippen LogP contribution in [-0.4, -0.2) is 18.2 Å². The molecule has 118 valence electrons. The number of benzene rings is 2. The second kappa shape index (κ2) is 7.50. The highest BCUT2D eigenvalue weighted by molar-refractivity contribution is 6.56. The van der Waals surface area contributed by atoms with Crippen LogP contribution in [0, 0.1) is 0 Å². The number of nitrogens with zero attached hydrogens (tertiary/aromatic N) is 3. The number of halogens is 2. The van der Waals surface area contributed by atoms with Crippen LogP contribution < -0.4 is 4.81 Å². The van der Waals surface area contributed by atoms with Gasteiger partial charge >= 0.3 is 7.40 Å². The van der Waals surface area contributed by atoms with Crippen molar-refractivity contribution in [3.8, 4) is 0 Å². The van der Waals surface area contributed by atoms with E-state index in [4.69, 9.17) is 0 Å². The third kappa shape index (κ3) is 3.66. The first-order valence-electron chi connectivity index (χ1n) is 7.43. The fourth-order valence-electron chi connectivity index (χ4n) is 2.29. The molecule has 3 aromatic rings. The highest BCUT2D eigenvalue weighted by atomic mass is 19.2.